The van der Waals surface area contributed by atoms with Gasteiger partial charge in [-0.3, -0.25) is 0 Å². The van der Waals surface area contributed by atoms with Crippen LogP contribution in [0, 0.1) is 6.92 Å². The van der Waals surface area contributed by atoms with Gasteiger partial charge in [-0.25, -0.2) is 12.4 Å². The molecule has 1 N–H and O–H groups in total. The van der Waals surface area contributed by atoms with Crippen molar-refractivity contribution in [1.82, 2.24) is 3.97 Å². The van der Waals surface area contributed by atoms with Gasteiger partial charge in [0.1, 0.15) is 5.75 Å². The van der Waals surface area contributed by atoms with Gasteiger partial charge in [0.15, 0.2) is 0 Å². The third kappa shape index (κ3) is 2.26. The van der Waals surface area contributed by atoms with Crippen molar-refractivity contribution in [3.05, 3.63) is 84.4 Å². The molecule has 5 rings (SSSR count). The number of aromatic nitrogens is 1. The van der Waals surface area contributed by atoms with Crippen LogP contribution in [0.4, 0.5) is 0 Å². The van der Waals surface area contributed by atoms with E-state index in [1.54, 1.807) is 36.4 Å². The monoisotopic (exact) mass is 387 g/mol. The lowest BCUT2D eigenvalue weighted by atomic mass is 10.0. The van der Waals surface area contributed by atoms with Crippen LogP contribution in [0.15, 0.2) is 83.8 Å². The summed E-state index contributed by atoms with van der Waals surface area (Å²) in [6.45, 7) is 1.92. The molecule has 4 aromatic carbocycles. The van der Waals surface area contributed by atoms with Gasteiger partial charge in [0, 0.05) is 22.2 Å². The van der Waals surface area contributed by atoms with Crippen LogP contribution in [-0.2, 0) is 10.0 Å². The number of fused-ring (bicyclic) bond motifs is 5. The molecule has 0 radical (unpaired) electrons. The Balaban J connectivity index is 2.00. The largest absolute Gasteiger partial charge is 0.507 e. The van der Waals surface area contributed by atoms with Crippen LogP contribution >= 0.6 is 0 Å². The zero-order chi connectivity index (χ0) is 19.5. The van der Waals surface area contributed by atoms with E-state index in [1.165, 1.54) is 3.97 Å². The number of rotatable bonds is 2. The molecule has 0 aliphatic rings. The second kappa shape index (κ2) is 5.84. The van der Waals surface area contributed by atoms with Crippen LogP contribution in [0.25, 0.3) is 32.6 Å². The highest BCUT2D eigenvalue weighted by Gasteiger charge is 2.24. The average molecular weight is 387 g/mol. The van der Waals surface area contributed by atoms with Crippen molar-refractivity contribution in [2.75, 3.05) is 0 Å². The quantitative estimate of drug-likeness (QED) is 0.453. The third-order valence-corrected chi connectivity index (χ3v) is 6.91. The Morgan fingerprint density at radius 2 is 1.36 bits per heavy atom. The molecule has 0 amide bonds. The van der Waals surface area contributed by atoms with Crippen molar-refractivity contribution in [3.8, 4) is 5.75 Å². The first-order valence-corrected chi connectivity index (χ1v) is 10.4. The number of aromatic hydroxyl groups is 1. The molecule has 28 heavy (non-hydrogen) atoms. The Kier molecular flexibility index (Phi) is 3.51. The Morgan fingerprint density at radius 3 is 2.07 bits per heavy atom. The standard InChI is InChI=1S/C23H17NO3S/c1-15-10-12-16(13-11-15)28(26,27)24-20-9-5-4-8-19(20)23-18-7-3-2-6-17(18)22(25)14-21(23)24/h2-14,25H,1H3. The van der Waals surface area contributed by atoms with E-state index in [2.05, 4.69) is 0 Å². The number of hydrogen-bond donors (Lipinski definition) is 1. The maximum absolute atomic E-state index is 13.6. The molecule has 5 heteroatoms. The molecule has 4 nitrogen and oxygen atoms in total. The summed E-state index contributed by atoms with van der Waals surface area (Å²) >= 11 is 0. The number of nitrogens with zero attached hydrogens (tertiary/aromatic N) is 1. The molecule has 0 saturated carbocycles. The Hall–Kier alpha value is -3.31. The molecule has 0 saturated heterocycles. The number of aryl methyl sites for hydroxylation is 1. The fourth-order valence-corrected chi connectivity index (χ4v) is 5.36. The first-order chi connectivity index (χ1) is 13.5. The highest BCUT2D eigenvalue weighted by molar-refractivity contribution is 7.90. The van der Waals surface area contributed by atoms with E-state index in [-0.39, 0.29) is 10.6 Å². The average Bonchev–Trinajstić information content (AvgIpc) is 3.03. The third-order valence-electron chi connectivity index (χ3n) is 5.17. The summed E-state index contributed by atoms with van der Waals surface area (Å²) in [6.07, 6.45) is 0. The van der Waals surface area contributed by atoms with E-state index in [4.69, 9.17) is 0 Å². The molecule has 0 aliphatic heterocycles. The van der Waals surface area contributed by atoms with Gasteiger partial charge in [0.25, 0.3) is 10.0 Å². The minimum absolute atomic E-state index is 0.0614. The van der Waals surface area contributed by atoms with Crippen molar-refractivity contribution in [3.63, 3.8) is 0 Å². The Labute approximate surface area is 162 Å². The minimum atomic E-state index is -3.85. The van der Waals surface area contributed by atoms with Crippen LogP contribution in [0.5, 0.6) is 5.75 Å². The topological polar surface area (TPSA) is 59.3 Å². The van der Waals surface area contributed by atoms with Crippen molar-refractivity contribution >= 4 is 42.6 Å². The van der Waals surface area contributed by atoms with E-state index >= 15 is 0 Å². The molecule has 0 unspecified atom stereocenters. The predicted molar refractivity (Wildman–Crippen MR) is 112 cm³/mol. The summed E-state index contributed by atoms with van der Waals surface area (Å²) in [6, 6.07) is 23.3. The van der Waals surface area contributed by atoms with Gasteiger partial charge in [-0.2, -0.15) is 0 Å². The second-order valence-electron chi connectivity index (χ2n) is 6.94. The summed E-state index contributed by atoms with van der Waals surface area (Å²) in [7, 11) is -3.85. The van der Waals surface area contributed by atoms with E-state index in [0.29, 0.717) is 16.4 Å². The molecule has 0 fully saturated rings. The van der Waals surface area contributed by atoms with E-state index < -0.39 is 10.0 Å². The highest BCUT2D eigenvalue weighted by atomic mass is 32.2. The zero-order valence-corrected chi connectivity index (χ0v) is 15.9. The van der Waals surface area contributed by atoms with Gasteiger partial charge in [0.2, 0.25) is 0 Å². The molecule has 0 atom stereocenters. The molecular weight excluding hydrogens is 370 g/mol. The van der Waals surface area contributed by atoms with Gasteiger partial charge in [-0.15, -0.1) is 0 Å². The Bertz CT molecular complexity index is 1480. The normalized spacial score (nSPS) is 12.2. The van der Waals surface area contributed by atoms with Crippen molar-refractivity contribution in [1.29, 1.82) is 0 Å². The minimum Gasteiger partial charge on any atom is -0.507 e. The van der Waals surface area contributed by atoms with E-state index in [0.717, 1.165) is 21.7 Å². The van der Waals surface area contributed by atoms with Gasteiger partial charge in [-0.05, 0) is 30.5 Å². The van der Waals surface area contributed by atoms with Gasteiger partial charge >= 0.3 is 0 Å². The lowest BCUT2D eigenvalue weighted by molar-refractivity contribution is 0.482. The van der Waals surface area contributed by atoms with Crippen LogP contribution in [0.2, 0.25) is 0 Å². The molecule has 0 aliphatic carbocycles. The summed E-state index contributed by atoms with van der Waals surface area (Å²) in [5, 5.41) is 13.8. The summed E-state index contributed by atoms with van der Waals surface area (Å²) in [4.78, 5) is 0.216. The molecule has 5 aromatic rings. The summed E-state index contributed by atoms with van der Waals surface area (Å²) in [5.74, 6) is 0.0614. The first-order valence-electron chi connectivity index (χ1n) is 8.94. The smallest absolute Gasteiger partial charge is 0.268 e. The van der Waals surface area contributed by atoms with Crippen LogP contribution in [-0.4, -0.2) is 17.5 Å². The highest BCUT2D eigenvalue weighted by Crippen LogP contribution is 2.40. The number of benzene rings is 4. The molecule has 138 valence electrons. The number of phenols is 1. The van der Waals surface area contributed by atoms with Crippen molar-refractivity contribution in [2.45, 2.75) is 11.8 Å². The van der Waals surface area contributed by atoms with Crippen molar-refractivity contribution in [2.24, 2.45) is 0 Å². The van der Waals surface area contributed by atoms with Crippen LogP contribution < -0.4 is 0 Å². The number of hydrogen-bond acceptors (Lipinski definition) is 3. The molecule has 0 spiro atoms. The number of para-hydroxylation sites is 1. The van der Waals surface area contributed by atoms with E-state index in [1.807, 2.05) is 49.4 Å². The summed E-state index contributed by atoms with van der Waals surface area (Å²) < 4.78 is 28.5. The molecule has 0 bridgehead atoms. The van der Waals surface area contributed by atoms with Crippen LogP contribution in [0.3, 0.4) is 0 Å². The van der Waals surface area contributed by atoms with Gasteiger partial charge < -0.3 is 5.11 Å². The van der Waals surface area contributed by atoms with Gasteiger partial charge in [0.05, 0.1) is 15.9 Å². The van der Waals surface area contributed by atoms with Gasteiger partial charge in [-0.1, -0.05) is 60.2 Å². The van der Waals surface area contributed by atoms with Crippen molar-refractivity contribution < 1.29 is 13.5 Å². The maximum Gasteiger partial charge on any atom is 0.268 e. The zero-order valence-electron chi connectivity index (χ0n) is 15.1. The lowest BCUT2D eigenvalue weighted by Gasteiger charge is -2.10. The molecule has 1 heterocycles. The van der Waals surface area contributed by atoms with Crippen LogP contribution in [0.1, 0.15) is 5.56 Å². The van der Waals surface area contributed by atoms with E-state index in [9.17, 15) is 13.5 Å². The molecule has 1 aromatic heterocycles. The Morgan fingerprint density at radius 1 is 0.750 bits per heavy atom. The SMILES string of the molecule is Cc1ccc(S(=O)(=O)n2c3ccccc3c3c4ccccc4c(O)cc32)cc1. The fourth-order valence-electron chi connectivity index (χ4n) is 3.85. The lowest BCUT2D eigenvalue weighted by Crippen LogP contribution is -2.12. The number of phenolic OH excluding ortho intramolecular Hbond substituents is 1. The maximum atomic E-state index is 13.6. The predicted octanol–water partition coefficient (Wildman–Crippen LogP) is 5.20. The first kappa shape index (κ1) is 16.8. The summed E-state index contributed by atoms with van der Waals surface area (Å²) in [5.41, 5.74) is 2.05. The second-order valence-corrected chi connectivity index (χ2v) is 8.72. The molecular formula is C23H17NO3S. The fraction of sp³-hybridized carbons (Fsp3) is 0.0435.